The van der Waals surface area contributed by atoms with Gasteiger partial charge in [-0.3, -0.25) is 33.6 Å². The smallest absolute Gasteiger partial charge is 0.303 e. The summed E-state index contributed by atoms with van der Waals surface area (Å²) >= 11 is 0. The van der Waals surface area contributed by atoms with Crippen molar-refractivity contribution < 1.29 is 43.8 Å². The third-order valence-electron chi connectivity index (χ3n) is 5.88. The minimum absolute atomic E-state index is 0.0355. The van der Waals surface area contributed by atoms with Crippen molar-refractivity contribution in [2.75, 3.05) is 19.6 Å². The number of carboxylic acids is 2. The van der Waals surface area contributed by atoms with Crippen LogP contribution in [0.1, 0.15) is 86.5 Å². The van der Waals surface area contributed by atoms with Crippen molar-refractivity contribution in [1.82, 2.24) is 31.9 Å². The van der Waals surface area contributed by atoms with Crippen molar-refractivity contribution in [2.45, 2.75) is 116 Å². The molecule has 0 heterocycles. The largest absolute Gasteiger partial charge is 0.481 e. The first-order valence-electron chi connectivity index (χ1n) is 14.6. The van der Waals surface area contributed by atoms with E-state index >= 15 is 0 Å². The first kappa shape index (κ1) is 40.2. The van der Waals surface area contributed by atoms with Gasteiger partial charge in [0, 0.05) is 23.9 Å². The van der Waals surface area contributed by atoms with Crippen LogP contribution in [0.2, 0.25) is 0 Å². The number of nitrogens with two attached hydrogens (primary N) is 1. The van der Waals surface area contributed by atoms with E-state index in [0.29, 0.717) is 19.4 Å². The molecule has 0 aliphatic heterocycles. The zero-order valence-electron chi connectivity index (χ0n) is 26.6. The van der Waals surface area contributed by atoms with E-state index in [1.807, 2.05) is 20.8 Å². The van der Waals surface area contributed by atoms with E-state index in [1.54, 1.807) is 20.8 Å². The summed E-state index contributed by atoms with van der Waals surface area (Å²) < 4.78 is 0. The molecule has 16 heteroatoms. The van der Waals surface area contributed by atoms with E-state index in [-0.39, 0.29) is 31.3 Å². The number of carboxylic acid groups (broad SMARTS) is 2. The van der Waals surface area contributed by atoms with Crippen LogP contribution in [-0.2, 0) is 33.6 Å². The lowest BCUT2D eigenvalue weighted by molar-refractivity contribution is -0.139. The van der Waals surface area contributed by atoms with Crippen LogP contribution in [0.4, 0.5) is 0 Å². The van der Waals surface area contributed by atoms with Gasteiger partial charge >= 0.3 is 11.9 Å². The van der Waals surface area contributed by atoms with Gasteiger partial charge in [0.05, 0.1) is 13.1 Å². The highest BCUT2D eigenvalue weighted by atomic mass is 16.4. The quantitative estimate of drug-likeness (QED) is 0.0716. The fourth-order valence-corrected chi connectivity index (χ4v) is 3.69. The summed E-state index contributed by atoms with van der Waals surface area (Å²) in [5.74, 6) is -5.87. The molecule has 252 valence electrons. The molecule has 0 aromatic heterocycles. The van der Waals surface area contributed by atoms with Gasteiger partial charge in [0.15, 0.2) is 0 Å². The van der Waals surface area contributed by atoms with Crippen molar-refractivity contribution in [3.63, 3.8) is 0 Å². The minimum Gasteiger partial charge on any atom is -0.481 e. The molecule has 0 radical (unpaired) electrons. The average molecular weight is 630 g/mol. The highest BCUT2D eigenvalue weighted by molar-refractivity contribution is 5.94. The van der Waals surface area contributed by atoms with Crippen LogP contribution in [0.5, 0.6) is 0 Å². The normalized spacial score (nSPS) is 13.5. The molecule has 2 unspecified atom stereocenters. The molecule has 16 nitrogen and oxygen atoms in total. The van der Waals surface area contributed by atoms with Crippen LogP contribution in [0.3, 0.4) is 0 Å². The monoisotopic (exact) mass is 629 g/mol. The van der Waals surface area contributed by atoms with E-state index in [0.717, 1.165) is 0 Å². The number of nitrogens with one attached hydrogen (secondary N) is 6. The molecule has 5 amide bonds. The fraction of sp³-hybridized carbons (Fsp3) is 0.750. The second-order valence-electron chi connectivity index (χ2n) is 12.5. The number of carbonyl (C=O) groups is 7. The highest BCUT2D eigenvalue weighted by Crippen LogP contribution is 2.07. The molecule has 0 aromatic carbocycles. The lowest BCUT2D eigenvalue weighted by Gasteiger charge is -2.27. The van der Waals surface area contributed by atoms with Crippen LogP contribution >= 0.6 is 0 Å². The van der Waals surface area contributed by atoms with Crippen LogP contribution < -0.4 is 37.6 Å². The maximum Gasteiger partial charge on any atom is 0.303 e. The number of aliphatic carboxylic acids is 2. The predicted octanol–water partition coefficient (Wildman–Crippen LogP) is -1.28. The number of amides is 5. The molecule has 0 aliphatic carbocycles. The molecular weight excluding hydrogens is 578 g/mol. The summed E-state index contributed by atoms with van der Waals surface area (Å²) in [6, 6.07) is -3.63. The van der Waals surface area contributed by atoms with Gasteiger partial charge in [0.1, 0.15) is 18.1 Å². The molecule has 0 spiro atoms. The number of hydrogen-bond acceptors (Lipinski definition) is 9. The van der Waals surface area contributed by atoms with Crippen molar-refractivity contribution >= 4 is 41.5 Å². The molecule has 10 N–H and O–H groups in total. The number of hydrogen-bond donors (Lipinski definition) is 9. The molecule has 0 aromatic rings. The lowest BCUT2D eigenvalue weighted by atomic mass is 10.0. The van der Waals surface area contributed by atoms with Gasteiger partial charge in [-0.1, -0.05) is 0 Å². The Balaban J connectivity index is 5.51. The number of unbranched alkanes of at least 4 members (excludes halogenated alkanes) is 1. The Kier molecular flexibility index (Phi) is 17.8. The first-order chi connectivity index (χ1) is 20.2. The van der Waals surface area contributed by atoms with Crippen molar-refractivity contribution in [2.24, 2.45) is 5.73 Å². The van der Waals surface area contributed by atoms with Crippen LogP contribution in [0.15, 0.2) is 0 Å². The van der Waals surface area contributed by atoms with E-state index < -0.39 is 84.5 Å². The summed E-state index contributed by atoms with van der Waals surface area (Å²) in [6.07, 6.45) is -0.109. The second kappa shape index (κ2) is 19.5. The summed E-state index contributed by atoms with van der Waals surface area (Å²) in [7, 11) is 0. The lowest BCUT2D eigenvalue weighted by Crippen LogP contribution is -2.57. The molecule has 0 fully saturated rings. The molecule has 3 atom stereocenters. The van der Waals surface area contributed by atoms with E-state index in [4.69, 9.17) is 15.9 Å². The SMILES string of the molecule is CC(C)(C)NCC(=O)NC(CCCCN)C(=O)NCC(=O)NC(CCC(=O)O)C(=O)N[C@@H](CCC(=O)O)C(=O)NC(C)(C)C. The third-order valence-corrected chi connectivity index (χ3v) is 5.88. The van der Waals surface area contributed by atoms with Crippen molar-refractivity contribution in [1.29, 1.82) is 0 Å². The van der Waals surface area contributed by atoms with E-state index in [9.17, 15) is 33.6 Å². The Morgan fingerprint density at radius 3 is 1.55 bits per heavy atom. The molecule has 0 aliphatic rings. The Labute approximate surface area is 258 Å². The first-order valence-corrected chi connectivity index (χ1v) is 14.6. The summed E-state index contributed by atoms with van der Waals surface area (Å²) in [6.45, 7) is 10.5. The predicted molar refractivity (Wildman–Crippen MR) is 161 cm³/mol. The molecule has 0 bridgehead atoms. The van der Waals surface area contributed by atoms with Crippen molar-refractivity contribution in [3.8, 4) is 0 Å². The Morgan fingerprint density at radius 2 is 1.09 bits per heavy atom. The van der Waals surface area contributed by atoms with Crippen LogP contribution in [0, 0.1) is 0 Å². The average Bonchev–Trinajstić information content (AvgIpc) is 2.88. The van der Waals surface area contributed by atoms with Gasteiger partial charge in [0.25, 0.3) is 0 Å². The van der Waals surface area contributed by atoms with E-state index in [2.05, 4.69) is 31.9 Å². The highest BCUT2D eigenvalue weighted by Gasteiger charge is 2.30. The molecule has 0 rings (SSSR count). The number of rotatable bonds is 20. The summed E-state index contributed by atoms with van der Waals surface area (Å²) in [5.41, 5.74) is 4.51. The van der Waals surface area contributed by atoms with Crippen molar-refractivity contribution in [3.05, 3.63) is 0 Å². The van der Waals surface area contributed by atoms with Gasteiger partial charge in [0.2, 0.25) is 29.5 Å². The van der Waals surface area contributed by atoms with Gasteiger partial charge < -0.3 is 47.8 Å². The third kappa shape index (κ3) is 20.2. The van der Waals surface area contributed by atoms with Crippen LogP contribution in [0.25, 0.3) is 0 Å². The van der Waals surface area contributed by atoms with Crippen LogP contribution in [-0.4, -0.2) is 101 Å². The zero-order valence-corrected chi connectivity index (χ0v) is 26.6. The maximum absolute atomic E-state index is 13.1. The van der Waals surface area contributed by atoms with Gasteiger partial charge in [-0.2, -0.15) is 0 Å². The second-order valence-corrected chi connectivity index (χ2v) is 12.5. The Bertz CT molecular complexity index is 1010. The fourth-order valence-electron chi connectivity index (χ4n) is 3.69. The summed E-state index contributed by atoms with van der Waals surface area (Å²) in [5, 5.41) is 33.7. The Hall–Kier alpha value is -3.79. The zero-order chi connectivity index (χ0) is 34.1. The molecule has 0 saturated heterocycles. The van der Waals surface area contributed by atoms with E-state index in [1.165, 1.54) is 0 Å². The number of carbonyl (C=O) groups excluding carboxylic acids is 5. The molecule has 0 saturated carbocycles. The molecular formula is C28H51N7O9. The van der Waals surface area contributed by atoms with Gasteiger partial charge in [-0.15, -0.1) is 0 Å². The Morgan fingerprint density at radius 1 is 0.614 bits per heavy atom. The minimum atomic E-state index is -1.41. The standard InChI is InChI=1S/C28H51N7O9/c1-27(2,3)31-16-21(37)32-17(9-7-8-14-29)24(42)30-15-20(36)33-18(10-12-22(38)39)25(43)34-19(11-13-23(40)41)26(44)35-28(4,5)6/h17-19,31H,7-16,29H2,1-6H3,(H,30,42)(H,32,37)(H,33,36)(H,34,43)(H,35,44)(H,38,39)(H,40,41)/t17?,18?,19-/m0/s1. The van der Waals surface area contributed by atoms with Gasteiger partial charge in [-0.25, -0.2) is 0 Å². The molecule has 44 heavy (non-hydrogen) atoms. The maximum atomic E-state index is 13.1. The summed E-state index contributed by atoms with van der Waals surface area (Å²) in [4.78, 5) is 86.1. The topological polar surface area (TPSA) is 258 Å². The van der Waals surface area contributed by atoms with Gasteiger partial charge in [-0.05, 0) is 80.2 Å².